The van der Waals surface area contributed by atoms with Gasteiger partial charge in [0.05, 0.1) is 16.8 Å². The molecule has 3 nitrogen and oxygen atoms in total. The van der Waals surface area contributed by atoms with Crippen LogP contribution in [0.3, 0.4) is 0 Å². The van der Waals surface area contributed by atoms with E-state index in [2.05, 4.69) is 12.1 Å². The van der Waals surface area contributed by atoms with Crippen molar-refractivity contribution in [3.63, 3.8) is 0 Å². The number of phenols is 1. The summed E-state index contributed by atoms with van der Waals surface area (Å²) in [7, 11) is 0. The highest BCUT2D eigenvalue weighted by atomic mass is 16.3. The molecule has 0 amide bonds. The van der Waals surface area contributed by atoms with E-state index < -0.39 is 0 Å². The largest absolute Gasteiger partial charge is 0.507 e. The van der Waals surface area contributed by atoms with Gasteiger partial charge in [-0.05, 0) is 28.5 Å². The van der Waals surface area contributed by atoms with Crippen molar-refractivity contribution in [3.8, 4) is 17.0 Å². The summed E-state index contributed by atoms with van der Waals surface area (Å²) >= 11 is 0. The van der Waals surface area contributed by atoms with Gasteiger partial charge >= 0.3 is 0 Å². The lowest BCUT2D eigenvalue weighted by atomic mass is 9.98. The number of nitrogens with zero attached hydrogens (tertiary/aromatic N) is 2. The Labute approximate surface area is 163 Å². The van der Waals surface area contributed by atoms with Crippen molar-refractivity contribution in [1.82, 2.24) is 9.97 Å². The van der Waals surface area contributed by atoms with Gasteiger partial charge in [-0.2, -0.15) is 0 Å². The van der Waals surface area contributed by atoms with Gasteiger partial charge < -0.3 is 5.11 Å². The van der Waals surface area contributed by atoms with E-state index in [4.69, 9.17) is 9.97 Å². The topological polar surface area (TPSA) is 46.0 Å². The maximum atomic E-state index is 10.7. The average Bonchev–Trinajstić information content (AvgIpc) is 2.74. The van der Waals surface area contributed by atoms with Crippen molar-refractivity contribution in [3.05, 3.63) is 102 Å². The molecule has 5 rings (SSSR count). The molecule has 0 aliphatic carbocycles. The standard InChI is InChI=1S/C25H18N2O/c28-22-15-14-18-10-4-5-11-19(18)24(22)25-20-12-6-7-13-21(20)26-23(27-25)16-17-8-2-1-3-9-17/h1-15,28H,16H2. The Kier molecular flexibility index (Phi) is 3.99. The van der Waals surface area contributed by atoms with Gasteiger partial charge in [0.25, 0.3) is 0 Å². The lowest BCUT2D eigenvalue weighted by molar-refractivity contribution is 0.478. The van der Waals surface area contributed by atoms with Crippen LogP contribution in [0.4, 0.5) is 0 Å². The number of hydrogen-bond donors (Lipinski definition) is 1. The predicted molar refractivity (Wildman–Crippen MR) is 113 cm³/mol. The Morgan fingerprint density at radius 3 is 2.21 bits per heavy atom. The third-order valence-corrected chi connectivity index (χ3v) is 5.00. The third kappa shape index (κ3) is 2.87. The fraction of sp³-hybridized carbons (Fsp3) is 0.0400. The monoisotopic (exact) mass is 362 g/mol. The molecule has 28 heavy (non-hydrogen) atoms. The van der Waals surface area contributed by atoms with Crippen molar-refractivity contribution >= 4 is 21.7 Å². The average molecular weight is 362 g/mol. The van der Waals surface area contributed by atoms with E-state index in [0.717, 1.165) is 44.3 Å². The van der Waals surface area contributed by atoms with Crippen LogP contribution in [0.5, 0.6) is 5.75 Å². The van der Waals surface area contributed by atoms with Crippen LogP contribution in [0.1, 0.15) is 11.4 Å². The quantitative estimate of drug-likeness (QED) is 0.445. The van der Waals surface area contributed by atoms with Crippen molar-refractivity contribution in [2.45, 2.75) is 6.42 Å². The molecule has 0 fully saturated rings. The minimum absolute atomic E-state index is 0.230. The van der Waals surface area contributed by atoms with Crippen LogP contribution < -0.4 is 0 Å². The molecule has 134 valence electrons. The zero-order chi connectivity index (χ0) is 18.9. The van der Waals surface area contributed by atoms with E-state index in [1.807, 2.05) is 72.8 Å². The second-order valence-corrected chi connectivity index (χ2v) is 6.85. The van der Waals surface area contributed by atoms with Gasteiger partial charge in [0.15, 0.2) is 0 Å². The first-order chi connectivity index (χ1) is 13.8. The first-order valence-corrected chi connectivity index (χ1v) is 9.30. The zero-order valence-corrected chi connectivity index (χ0v) is 15.2. The lowest BCUT2D eigenvalue weighted by Crippen LogP contribution is -2.00. The lowest BCUT2D eigenvalue weighted by Gasteiger charge is -2.13. The number of aromatic nitrogens is 2. The van der Waals surface area contributed by atoms with E-state index in [9.17, 15) is 5.11 Å². The second kappa shape index (κ2) is 6.78. The first kappa shape index (κ1) is 16.5. The summed E-state index contributed by atoms with van der Waals surface area (Å²) in [5, 5.41) is 13.7. The van der Waals surface area contributed by atoms with Crippen molar-refractivity contribution < 1.29 is 5.11 Å². The molecule has 1 aromatic heterocycles. The number of fused-ring (bicyclic) bond motifs is 2. The molecule has 0 unspecified atom stereocenters. The second-order valence-electron chi connectivity index (χ2n) is 6.85. The van der Waals surface area contributed by atoms with Crippen LogP contribution in [0, 0.1) is 0 Å². The van der Waals surface area contributed by atoms with Crippen LogP contribution >= 0.6 is 0 Å². The molecule has 1 heterocycles. The Hall–Kier alpha value is -3.72. The van der Waals surface area contributed by atoms with Crippen molar-refractivity contribution in [2.75, 3.05) is 0 Å². The molecule has 0 bridgehead atoms. The van der Waals surface area contributed by atoms with E-state index >= 15 is 0 Å². The van der Waals surface area contributed by atoms with Crippen LogP contribution in [0.15, 0.2) is 91.0 Å². The summed E-state index contributed by atoms with van der Waals surface area (Å²) in [6, 6.07) is 29.9. The molecule has 0 atom stereocenters. The van der Waals surface area contributed by atoms with Crippen LogP contribution in [0.25, 0.3) is 32.9 Å². The highest BCUT2D eigenvalue weighted by Crippen LogP contribution is 2.38. The van der Waals surface area contributed by atoms with Gasteiger partial charge in [-0.1, -0.05) is 78.9 Å². The first-order valence-electron chi connectivity index (χ1n) is 9.30. The summed E-state index contributed by atoms with van der Waals surface area (Å²) < 4.78 is 0. The maximum Gasteiger partial charge on any atom is 0.134 e. The fourth-order valence-corrected chi connectivity index (χ4v) is 3.68. The Morgan fingerprint density at radius 2 is 1.36 bits per heavy atom. The number of para-hydroxylation sites is 1. The maximum absolute atomic E-state index is 10.7. The molecular formula is C25H18N2O. The van der Waals surface area contributed by atoms with Gasteiger partial charge in [-0.25, -0.2) is 9.97 Å². The van der Waals surface area contributed by atoms with Crippen LogP contribution in [-0.4, -0.2) is 15.1 Å². The van der Waals surface area contributed by atoms with E-state index in [-0.39, 0.29) is 5.75 Å². The molecule has 5 aromatic rings. The number of benzene rings is 4. The summed E-state index contributed by atoms with van der Waals surface area (Å²) in [5.41, 5.74) is 3.56. The van der Waals surface area contributed by atoms with Crippen molar-refractivity contribution in [2.24, 2.45) is 0 Å². The Balaban J connectivity index is 1.79. The SMILES string of the molecule is Oc1ccc2ccccc2c1-c1nc(Cc2ccccc2)nc2ccccc12. The molecule has 3 heteroatoms. The van der Waals surface area contributed by atoms with Crippen LogP contribution in [0.2, 0.25) is 0 Å². The molecular weight excluding hydrogens is 344 g/mol. The minimum Gasteiger partial charge on any atom is -0.507 e. The Morgan fingerprint density at radius 1 is 0.643 bits per heavy atom. The van der Waals surface area contributed by atoms with Crippen LogP contribution in [-0.2, 0) is 6.42 Å². The molecule has 0 aliphatic rings. The molecule has 0 aliphatic heterocycles. The minimum atomic E-state index is 0.230. The molecule has 0 saturated carbocycles. The number of rotatable bonds is 3. The normalized spacial score (nSPS) is 11.1. The van der Waals surface area contributed by atoms with Crippen molar-refractivity contribution in [1.29, 1.82) is 0 Å². The van der Waals surface area contributed by atoms with E-state index in [1.165, 1.54) is 0 Å². The number of hydrogen-bond acceptors (Lipinski definition) is 3. The highest BCUT2D eigenvalue weighted by molar-refractivity contribution is 6.05. The van der Waals surface area contributed by atoms with Gasteiger partial charge in [0.2, 0.25) is 0 Å². The number of phenolic OH excluding ortho intramolecular Hbond substituents is 1. The third-order valence-electron chi connectivity index (χ3n) is 5.00. The smallest absolute Gasteiger partial charge is 0.134 e. The number of aromatic hydroxyl groups is 1. The summed E-state index contributed by atoms with van der Waals surface area (Å²) in [6.45, 7) is 0. The fourth-order valence-electron chi connectivity index (χ4n) is 3.68. The summed E-state index contributed by atoms with van der Waals surface area (Å²) in [5.74, 6) is 0.973. The molecule has 1 N–H and O–H groups in total. The predicted octanol–water partition coefficient (Wildman–Crippen LogP) is 5.75. The molecule has 0 saturated heterocycles. The Bertz CT molecular complexity index is 1300. The molecule has 0 radical (unpaired) electrons. The summed E-state index contributed by atoms with van der Waals surface area (Å²) in [6.07, 6.45) is 0.643. The van der Waals surface area contributed by atoms with Gasteiger partial charge in [-0.3, -0.25) is 0 Å². The van der Waals surface area contributed by atoms with E-state index in [1.54, 1.807) is 6.07 Å². The van der Waals surface area contributed by atoms with Gasteiger partial charge in [0.1, 0.15) is 11.6 Å². The highest BCUT2D eigenvalue weighted by Gasteiger charge is 2.16. The van der Waals surface area contributed by atoms with Gasteiger partial charge in [-0.15, -0.1) is 0 Å². The summed E-state index contributed by atoms with van der Waals surface area (Å²) in [4.78, 5) is 9.68. The van der Waals surface area contributed by atoms with E-state index in [0.29, 0.717) is 6.42 Å². The molecule has 0 spiro atoms. The zero-order valence-electron chi connectivity index (χ0n) is 15.2. The van der Waals surface area contributed by atoms with Gasteiger partial charge in [0, 0.05) is 11.8 Å². The molecule has 4 aromatic carbocycles.